The summed E-state index contributed by atoms with van der Waals surface area (Å²) >= 11 is 0. The Labute approximate surface area is 102 Å². The Bertz CT molecular complexity index is 244. The second-order valence-corrected chi connectivity index (χ2v) is 3.36. The van der Waals surface area contributed by atoms with Gasteiger partial charge in [-0.15, -0.1) is 6.58 Å². The van der Waals surface area contributed by atoms with Crippen molar-refractivity contribution < 1.29 is 14.3 Å². The predicted molar refractivity (Wildman–Crippen MR) is 65.6 cm³/mol. The summed E-state index contributed by atoms with van der Waals surface area (Å²) in [6.07, 6.45) is 1.95. The number of methoxy groups -OCH3 is 1. The highest BCUT2D eigenvalue weighted by Crippen LogP contribution is 1.78. The molecule has 3 N–H and O–H groups in total. The van der Waals surface area contributed by atoms with E-state index in [1.54, 1.807) is 13.2 Å². The van der Waals surface area contributed by atoms with E-state index in [-0.39, 0.29) is 24.8 Å². The molecule has 0 saturated carbocycles. The van der Waals surface area contributed by atoms with Gasteiger partial charge in [0.1, 0.15) is 0 Å². The second-order valence-electron chi connectivity index (χ2n) is 3.36. The van der Waals surface area contributed by atoms with E-state index in [1.807, 2.05) is 0 Å². The summed E-state index contributed by atoms with van der Waals surface area (Å²) in [6.45, 7) is 5.66. The average Bonchev–Trinajstić information content (AvgIpc) is 2.30. The first-order valence-electron chi connectivity index (χ1n) is 5.54. The van der Waals surface area contributed by atoms with E-state index >= 15 is 0 Å². The predicted octanol–water partition coefficient (Wildman–Crippen LogP) is -0.969. The van der Waals surface area contributed by atoms with Crippen molar-refractivity contribution in [3.63, 3.8) is 0 Å². The molecule has 0 aromatic heterocycles. The maximum absolute atomic E-state index is 11.2. The molecule has 0 unspecified atom stereocenters. The smallest absolute Gasteiger partial charge is 0.233 e. The summed E-state index contributed by atoms with van der Waals surface area (Å²) in [5.41, 5.74) is 0. The molecule has 0 saturated heterocycles. The molecule has 2 amide bonds. The van der Waals surface area contributed by atoms with E-state index in [0.717, 1.165) is 0 Å². The Hall–Kier alpha value is -1.40. The zero-order chi connectivity index (χ0) is 12.9. The van der Waals surface area contributed by atoms with E-state index < -0.39 is 0 Å². The van der Waals surface area contributed by atoms with Gasteiger partial charge in [0, 0.05) is 33.2 Å². The van der Waals surface area contributed by atoms with Crippen LogP contribution < -0.4 is 16.0 Å². The van der Waals surface area contributed by atoms with E-state index in [9.17, 15) is 9.59 Å². The van der Waals surface area contributed by atoms with Crippen LogP contribution in [0.1, 0.15) is 6.42 Å². The third kappa shape index (κ3) is 10.9. The topological polar surface area (TPSA) is 79.5 Å². The third-order valence-corrected chi connectivity index (χ3v) is 1.88. The monoisotopic (exact) mass is 243 g/mol. The summed E-state index contributed by atoms with van der Waals surface area (Å²) in [5, 5.41) is 8.17. The molecule has 0 spiro atoms. The maximum atomic E-state index is 11.2. The molecule has 0 atom stereocenters. The van der Waals surface area contributed by atoms with Gasteiger partial charge in [-0.2, -0.15) is 0 Å². The van der Waals surface area contributed by atoms with Crippen LogP contribution in [0.3, 0.4) is 0 Å². The van der Waals surface area contributed by atoms with Crippen LogP contribution in [0.15, 0.2) is 12.7 Å². The minimum Gasteiger partial charge on any atom is -0.383 e. The number of carbonyl (C=O) groups is 2. The molecule has 0 aromatic carbocycles. The molecule has 0 radical (unpaired) electrons. The van der Waals surface area contributed by atoms with Crippen LogP contribution in [-0.2, 0) is 14.3 Å². The summed E-state index contributed by atoms with van der Waals surface area (Å²) in [4.78, 5) is 22.4. The van der Waals surface area contributed by atoms with Crippen LogP contribution in [0, 0.1) is 0 Å². The van der Waals surface area contributed by atoms with Gasteiger partial charge < -0.3 is 20.7 Å². The number of nitrogens with one attached hydrogen (secondary N) is 3. The fourth-order valence-electron chi connectivity index (χ4n) is 1.05. The lowest BCUT2D eigenvalue weighted by Gasteiger charge is -2.06. The first kappa shape index (κ1) is 15.6. The fraction of sp³-hybridized carbons (Fsp3) is 0.636. The Balaban J connectivity index is 3.39. The Morgan fingerprint density at radius 3 is 2.59 bits per heavy atom. The number of amides is 2. The number of rotatable bonds is 10. The fourth-order valence-corrected chi connectivity index (χ4v) is 1.05. The minimum atomic E-state index is -0.128. The van der Waals surface area contributed by atoms with Crippen molar-refractivity contribution in [1.82, 2.24) is 16.0 Å². The highest BCUT2D eigenvalue weighted by atomic mass is 16.5. The van der Waals surface area contributed by atoms with Crippen LogP contribution in [0.2, 0.25) is 0 Å². The first-order valence-corrected chi connectivity index (χ1v) is 5.54. The normalized spacial score (nSPS) is 9.71. The largest absolute Gasteiger partial charge is 0.383 e. The SMILES string of the molecule is C=CCNCC(=O)NCCC(=O)NCCOC. The van der Waals surface area contributed by atoms with Gasteiger partial charge in [0.05, 0.1) is 13.2 Å². The lowest BCUT2D eigenvalue weighted by Crippen LogP contribution is -2.36. The van der Waals surface area contributed by atoms with Gasteiger partial charge in [-0.3, -0.25) is 9.59 Å². The van der Waals surface area contributed by atoms with Crippen molar-refractivity contribution in [2.45, 2.75) is 6.42 Å². The lowest BCUT2D eigenvalue weighted by molar-refractivity contribution is -0.122. The zero-order valence-corrected chi connectivity index (χ0v) is 10.3. The molecular formula is C11H21N3O3. The second kappa shape index (κ2) is 11.1. The molecule has 0 rings (SSSR count). The van der Waals surface area contributed by atoms with Gasteiger partial charge in [-0.1, -0.05) is 6.08 Å². The Kier molecular flexibility index (Phi) is 10.2. The van der Waals surface area contributed by atoms with Gasteiger partial charge in [0.15, 0.2) is 0 Å². The molecule has 0 heterocycles. The molecule has 0 aliphatic heterocycles. The molecule has 0 fully saturated rings. The quantitative estimate of drug-likeness (QED) is 0.341. The summed E-state index contributed by atoms with van der Waals surface area (Å²) in [7, 11) is 1.57. The highest BCUT2D eigenvalue weighted by Gasteiger charge is 2.02. The summed E-state index contributed by atoms with van der Waals surface area (Å²) < 4.78 is 4.79. The average molecular weight is 243 g/mol. The number of hydrogen-bond donors (Lipinski definition) is 3. The van der Waals surface area contributed by atoms with Gasteiger partial charge in [0.25, 0.3) is 0 Å². The van der Waals surface area contributed by atoms with Crippen LogP contribution in [0.25, 0.3) is 0 Å². The zero-order valence-electron chi connectivity index (χ0n) is 10.3. The standard InChI is InChI=1S/C11H21N3O3/c1-3-5-12-9-11(16)13-6-4-10(15)14-7-8-17-2/h3,12H,1,4-9H2,2H3,(H,13,16)(H,14,15). The number of hydrogen-bond acceptors (Lipinski definition) is 4. The van der Waals surface area contributed by atoms with E-state index in [4.69, 9.17) is 4.74 Å². The molecule has 6 nitrogen and oxygen atoms in total. The molecule has 0 aromatic rings. The van der Waals surface area contributed by atoms with Crippen molar-refractivity contribution in [1.29, 1.82) is 0 Å². The van der Waals surface area contributed by atoms with Crippen molar-refractivity contribution in [3.05, 3.63) is 12.7 Å². The summed E-state index contributed by atoms with van der Waals surface area (Å²) in [5.74, 6) is -0.224. The molecule has 6 heteroatoms. The molecule has 98 valence electrons. The molecule has 17 heavy (non-hydrogen) atoms. The van der Waals surface area contributed by atoms with Gasteiger partial charge in [-0.25, -0.2) is 0 Å². The Morgan fingerprint density at radius 1 is 1.24 bits per heavy atom. The van der Waals surface area contributed by atoms with Crippen molar-refractivity contribution in [3.8, 4) is 0 Å². The molecular weight excluding hydrogens is 222 g/mol. The number of carbonyl (C=O) groups excluding carboxylic acids is 2. The van der Waals surface area contributed by atoms with Crippen LogP contribution in [0.4, 0.5) is 0 Å². The molecule has 0 aliphatic carbocycles. The first-order chi connectivity index (χ1) is 8.20. The third-order valence-electron chi connectivity index (χ3n) is 1.88. The molecule has 0 bridgehead atoms. The van der Waals surface area contributed by atoms with Gasteiger partial charge in [0.2, 0.25) is 11.8 Å². The van der Waals surface area contributed by atoms with Crippen molar-refractivity contribution in [2.75, 3.05) is 39.9 Å². The maximum Gasteiger partial charge on any atom is 0.233 e. The Morgan fingerprint density at radius 2 is 1.94 bits per heavy atom. The van der Waals surface area contributed by atoms with Crippen LogP contribution in [-0.4, -0.2) is 51.7 Å². The number of ether oxygens (including phenoxy) is 1. The minimum absolute atomic E-state index is 0.0959. The summed E-state index contributed by atoms with van der Waals surface area (Å²) in [6, 6.07) is 0. The van der Waals surface area contributed by atoms with Gasteiger partial charge in [-0.05, 0) is 0 Å². The van der Waals surface area contributed by atoms with E-state index in [2.05, 4.69) is 22.5 Å². The highest BCUT2D eigenvalue weighted by molar-refractivity contribution is 5.80. The van der Waals surface area contributed by atoms with Crippen LogP contribution >= 0.6 is 0 Å². The molecule has 0 aliphatic rings. The van der Waals surface area contributed by atoms with E-state index in [1.165, 1.54) is 0 Å². The van der Waals surface area contributed by atoms with E-state index in [0.29, 0.717) is 26.2 Å². The van der Waals surface area contributed by atoms with Gasteiger partial charge >= 0.3 is 0 Å². The van der Waals surface area contributed by atoms with Crippen molar-refractivity contribution >= 4 is 11.8 Å². The van der Waals surface area contributed by atoms with Crippen LogP contribution in [0.5, 0.6) is 0 Å². The lowest BCUT2D eigenvalue weighted by atomic mass is 10.4. The van der Waals surface area contributed by atoms with Crippen molar-refractivity contribution in [2.24, 2.45) is 0 Å².